The third-order valence-corrected chi connectivity index (χ3v) is 5.82. The Morgan fingerprint density at radius 2 is 2.00 bits per heavy atom. The van der Waals surface area contributed by atoms with Gasteiger partial charge in [0.15, 0.2) is 5.69 Å². The Bertz CT molecular complexity index is 1320. The van der Waals surface area contributed by atoms with Crippen LogP contribution in [0.25, 0.3) is 0 Å². The number of ether oxygens (including phenoxy) is 1. The molecule has 8 nitrogen and oxygen atoms in total. The number of hydrogen-bond donors (Lipinski definition) is 1. The summed E-state index contributed by atoms with van der Waals surface area (Å²) in [5, 5.41) is 11.9. The molecule has 0 aliphatic carbocycles. The van der Waals surface area contributed by atoms with E-state index in [4.69, 9.17) is 32.5 Å². The van der Waals surface area contributed by atoms with Crippen molar-refractivity contribution in [3.05, 3.63) is 86.5 Å². The number of nitrogens with one attached hydrogen (secondary N) is 1. The molecule has 0 aliphatic rings. The summed E-state index contributed by atoms with van der Waals surface area (Å²) >= 11 is 12.2. The average molecular weight is 486 g/mol. The van der Waals surface area contributed by atoms with Gasteiger partial charge >= 0.3 is 0 Å². The van der Waals surface area contributed by atoms with E-state index in [2.05, 4.69) is 20.6 Å². The molecular weight excluding hydrogens is 465 g/mol. The highest BCUT2D eigenvalue weighted by atomic mass is 35.5. The number of anilines is 1. The fourth-order valence-corrected chi connectivity index (χ4v) is 3.65. The average Bonchev–Trinajstić information content (AvgIpc) is 3.37. The molecule has 0 spiro atoms. The minimum atomic E-state index is -0.492. The largest absolute Gasteiger partial charge is 0.488 e. The van der Waals surface area contributed by atoms with E-state index in [-0.39, 0.29) is 18.2 Å². The number of carbonyl (C=O) groups is 1. The second-order valence-corrected chi connectivity index (χ2v) is 8.35. The number of nitrogens with zero attached hydrogens (tertiary/aromatic N) is 4. The fraction of sp³-hybridized carbons (Fsp3) is 0.217. The summed E-state index contributed by atoms with van der Waals surface area (Å²) in [7, 11) is 0. The van der Waals surface area contributed by atoms with E-state index in [1.165, 1.54) is 6.33 Å². The van der Waals surface area contributed by atoms with Crippen LogP contribution in [-0.4, -0.2) is 25.8 Å². The zero-order chi connectivity index (χ0) is 23.5. The lowest BCUT2D eigenvalue weighted by molar-refractivity contribution is 0.101. The summed E-state index contributed by atoms with van der Waals surface area (Å²) in [6, 6.07) is 11.0. The summed E-state index contributed by atoms with van der Waals surface area (Å²) in [6.45, 7) is 6.24. The summed E-state index contributed by atoms with van der Waals surface area (Å²) in [5.74, 6) is 0.880. The first-order chi connectivity index (χ1) is 15.8. The van der Waals surface area contributed by atoms with Crippen molar-refractivity contribution in [2.75, 3.05) is 5.32 Å². The van der Waals surface area contributed by atoms with Gasteiger partial charge in [-0.1, -0.05) is 46.6 Å². The maximum Gasteiger partial charge on any atom is 0.280 e. The van der Waals surface area contributed by atoms with E-state index in [1.54, 1.807) is 23.7 Å². The van der Waals surface area contributed by atoms with Crippen molar-refractivity contribution in [2.24, 2.45) is 0 Å². The predicted octanol–water partition coefficient (Wildman–Crippen LogP) is 5.38. The van der Waals surface area contributed by atoms with Crippen LogP contribution in [0.4, 0.5) is 5.95 Å². The number of carbonyl (C=O) groups excluding carboxylic acids is 1. The van der Waals surface area contributed by atoms with Gasteiger partial charge in [0, 0.05) is 10.0 Å². The molecule has 0 saturated heterocycles. The normalized spacial score (nSPS) is 10.9. The van der Waals surface area contributed by atoms with Crippen LogP contribution >= 0.6 is 23.2 Å². The van der Waals surface area contributed by atoms with Gasteiger partial charge in [-0.3, -0.25) is 10.1 Å². The molecule has 33 heavy (non-hydrogen) atoms. The molecule has 0 saturated carbocycles. The molecule has 0 unspecified atom stereocenters. The highest BCUT2D eigenvalue weighted by molar-refractivity contribution is 6.35. The molecule has 0 atom stereocenters. The second kappa shape index (κ2) is 9.64. The van der Waals surface area contributed by atoms with Crippen LogP contribution in [0.3, 0.4) is 0 Å². The molecule has 0 radical (unpaired) electrons. The lowest BCUT2D eigenvalue weighted by Crippen LogP contribution is -2.16. The van der Waals surface area contributed by atoms with Gasteiger partial charge in [-0.15, -0.1) is 5.10 Å². The van der Waals surface area contributed by atoms with Gasteiger partial charge in [0.05, 0.1) is 12.1 Å². The van der Waals surface area contributed by atoms with E-state index in [1.807, 2.05) is 38.1 Å². The molecular formula is C23H21Cl2N5O3. The Morgan fingerprint density at radius 1 is 1.18 bits per heavy atom. The Balaban J connectivity index is 1.45. The van der Waals surface area contributed by atoms with Crippen molar-refractivity contribution in [2.45, 2.75) is 33.9 Å². The standard InChI is InChI=1S/C23H21Cl2N5O3/c1-13-5-4-6-20(14(13)2)32-11-18-15(3)33-29-21(18)22(31)27-23-26-12-30(28-23)10-16-7-8-17(24)9-19(16)25/h4-9,12H,10-11H2,1-3H3,(H,27,28,31). The van der Waals surface area contributed by atoms with E-state index in [0.717, 1.165) is 22.4 Å². The molecule has 4 aromatic rings. The molecule has 170 valence electrons. The third-order valence-electron chi connectivity index (χ3n) is 5.24. The number of aromatic nitrogens is 4. The van der Waals surface area contributed by atoms with Crippen molar-refractivity contribution in [1.29, 1.82) is 0 Å². The first-order valence-corrected chi connectivity index (χ1v) is 10.9. The third kappa shape index (κ3) is 5.18. The number of halogens is 2. The highest BCUT2D eigenvalue weighted by Gasteiger charge is 2.22. The van der Waals surface area contributed by atoms with Crippen molar-refractivity contribution >= 4 is 35.1 Å². The van der Waals surface area contributed by atoms with E-state index in [9.17, 15) is 4.79 Å². The van der Waals surface area contributed by atoms with Crippen molar-refractivity contribution in [3.63, 3.8) is 0 Å². The first kappa shape index (κ1) is 22.8. The highest BCUT2D eigenvalue weighted by Crippen LogP contribution is 2.24. The second-order valence-electron chi connectivity index (χ2n) is 7.51. The number of hydrogen-bond acceptors (Lipinski definition) is 6. The minimum Gasteiger partial charge on any atom is -0.488 e. The zero-order valence-electron chi connectivity index (χ0n) is 18.2. The van der Waals surface area contributed by atoms with Crippen LogP contribution in [0.15, 0.2) is 47.2 Å². The van der Waals surface area contributed by atoms with Crippen molar-refractivity contribution in [1.82, 2.24) is 19.9 Å². The summed E-state index contributed by atoms with van der Waals surface area (Å²) in [5.41, 5.74) is 3.65. The van der Waals surface area contributed by atoms with Crippen LogP contribution in [0, 0.1) is 20.8 Å². The molecule has 2 aromatic heterocycles. The molecule has 0 fully saturated rings. The van der Waals surface area contributed by atoms with Gasteiger partial charge < -0.3 is 9.26 Å². The molecule has 10 heteroatoms. The summed E-state index contributed by atoms with van der Waals surface area (Å²) < 4.78 is 12.7. The molecule has 1 amide bonds. The Labute approximate surface area is 200 Å². The van der Waals surface area contributed by atoms with Crippen LogP contribution in [0.1, 0.15) is 38.5 Å². The number of aryl methyl sites for hydroxylation is 2. The molecule has 0 aliphatic heterocycles. The molecule has 1 N–H and O–H groups in total. The fourth-order valence-electron chi connectivity index (χ4n) is 3.18. The van der Waals surface area contributed by atoms with Crippen molar-refractivity contribution < 1.29 is 14.1 Å². The summed E-state index contributed by atoms with van der Waals surface area (Å²) in [4.78, 5) is 17.0. The first-order valence-electron chi connectivity index (χ1n) is 10.1. The Kier molecular flexibility index (Phi) is 6.67. The number of rotatable bonds is 7. The van der Waals surface area contributed by atoms with E-state index in [0.29, 0.717) is 27.9 Å². The van der Waals surface area contributed by atoms with Gasteiger partial charge in [0.1, 0.15) is 24.4 Å². The Morgan fingerprint density at radius 3 is 2.79 bits per heavy atom. The van der Waals surface area contributed by atoms with Gasteiger partial charge in [0.2, 0.25) is 5.95 Å². The van der Waals surface area contributed by atoms with Crippen LogP contribution in [-0.2, 0) is 13.2 Å². The SMILES string of the molecule is Cc1cccc(OCc2c(C(=O)Nc3ncn(Cc4ccc(Cl)cc4Cl)n3)noc2C)c1C. The molecule has 2 heterocycles. The van der Waals surface area contributed by atoms with Crippen LogP contribution < -0.4 is 10.1 Å². The molecule has 4 rings (SSSR count). The van der Waals surface area contributed by atoms with Crippen LogP contribution in [0.5, 0.6) is 5.75 Å². The maximum absolute atomic E-state index is 12.8. The topological polar surface area (TPSA) is 95.1 Å². The van der Waals surface area contributed by atoms with Gasteiger partial charge in [-0.25, -0.2) is 9.67 Å². The smallest absolute Gasteiger partial charge is 0.280 e. The Hall–Kier alpha value is -3.36. The van der Waals surface area contributed by atoms with Gasteiger partial charge in [-0.05, 0) is 55.7 Å². The minimum absolute atomic E-state index is 0.120. The van der Waals surface area contributed by atoms with Gasteiger partial charge in [-0.2, -0.15) is 0 Å². The molecule has 2 aromatic carbocycles. The monoisotopic (exact) mass is 485 g/mol. The maximum atomic E-state index is 12.8. The zero-order valence-corrected chi connectivity index (χ0v) is 19.7. The van der Waals surface area contributed by atoms with Crippen molar-refractivity contribution in [3.8, 4) is 5.75 Å². The quantitative estimate of drug-likeness (QED) is 0.377. The van der Waals surface area contributed by atoms with Gasteiger partial charge in [0.25, 0.3) is 5.91 Å². The predicted molar refractivity (Wildman–Crippen MR) is 125 cm³/mol. The van der Waals surface area contributed by atoms with E-state index < -0.39 is 5.91 Å². The lowest BCUT2D eigenvalue weighted by Gasteiger charge is -2.10. The van der Waals surface area contributed by atoms with Crippen LogP contribution in [0.2, 0.25) is 10.0 Å². The molecule has 0 bridgehead atoms. The number of benzene rings is 2. The lowest BCUT2D eigenvalue weighted by atomic mass is 10.1. The van der Waals surface area contributed by atoms with E-state index >= 15 is 0 Å². The number of amides is 1. The summed E-state index contributed by atoms with van der Waals surface area (Å²) in [6.07, 6.45) is 1.50.